The van der Waals surface area contributed by atoms with Crippen molar-refractivity contribution in [3.8, 4) is 0 Å². The van der Waals surface area contributed by atoms with Gasteiger partial charge in [-0.1, -0.05) is 30.3 Å². The molecular weight excluding hydrogens is 220 g/mol. The van der Waals surface area contributed by atoms with Crippen molar-refractivity contribution in [3.63, 3.8) is 0 Å². The standard InChI is InChI=1S/C12H8N2O3/c15-11(8-4-2-1-3-5-8)9-6-13-14-7-10(9)12(16)17/h1-7H,(H,16,17). The molecule has 0 saturated carbocycles. The van der Waals surface area contributed by atoms with Gasteiger partial charge in [-0.05, 0) is 0 Å². The molecule has 1 N–H and O–H groups in total. The van der Waals surface area contributed by atoms with E-state index in [2.05, 4.69) is 10.2 Å². The van der Waals surface area contributed by atoms with Gasteiger partial charge in [-0.15, -0.1) is 0 Å². The Balaban J connectivity index is 2.48. The van der Waals surface area contributed by atoms with Crippen molar-refractivity contribution in [2.75, 3.05) is 0 Å². The lowest BCUT2D eigenvalue weighted by Gasteiger charge is -2.03. The molecule has 1 aromatic heterocycles. The summed E-state index contributed by atoms with van der Waals surface area (Å²) in [6.45, 7) is 0. The van der Waals surface area contributed by atoms with Gasteiger partial charge < -0.3 is 5.11 Å². The first-order valence-corrected chi connectivity index (χ1v) is 4.84. The lowest BCUT2D eigenvalue weighted by atomic mass is 10.0. The van der Waals surface area contributed by atoms with Gasteiger partial charge in [0.05, 0.1) is 23.5 Å². The molecule has 0 unspecified atom stereocenters. The Bertz CT molecular complexity index is 567. The molecule has 1 heterocycles. The highest BCUT2D eigenvalue weighted by Gasteiger charge is 2.18. The molecule has 2 aromatic rings. The van der Waals surface area contributed by atoms with Crippen LogP contribution < -0.4 is 0 Å². The van der Waals surface area contributed by atoms with Crippen molar-refractivity contribution in [2.45, 2.75) is 0 Å². The average molecular weight is 228 g/mol. The van der Waals surface area contributed by atoms with Crippen molar-refractivity contribution in [2.24, 2.45) is 0 Å². The highest BCUT2D eigenvalue weighted by molar-refractivity contribution is 6.13. The van der Waals surface area contributed by atoms with Crippen LogP contribution in [0.1, 0.15) is 26.3 Å². The molecule has 0 spiro atoms. The van der Waals surface area contributed by atoms with Crippen LogP contribution >= 0.6 is 0 Å². The first-order chi connectivity index (χ1) is 8.20. The van der Waals surface area contributed by atoms with Crippen LogP contribution in [-0.4, -0.2) is 27.1 Å². The molecule has 17 heavy (non-hydrogen) atoms. The third-order valence-corrected chi connectivity index (χ3v) is 2.24. The van der Waals surface area contributed by atoms with Crippen LogP contribution in [0.25, 0.3) is 0 Å². The van der Waals surface area contributed by atoms with E-state index in [9.17, 15) is 9.59 Å². The Morgan fingerprint density at radius 1 is 0.941 bits per heavy atom. The Labute approximate surface area is 96.7 Å². The number of hydrogen-bond acceptors (Lipinski definition) is 4. The summed E-state index contributed by atoms with van der Waals surface area (Å²) in [5.74, 6) is -1.57. The zero-order chi connectivity index (χ0) is 12.3. The number of hydrogen-bond donors (Lipinski definition) is 1. The molecule has 0 radical (unpaired) electrons. The summed E-state index contributed by atoms with van der Waals surface area (Å²) < 4.78 is 0. The minimum Gasteiger partial charge on any atom is -0.478 e. The summed E-state index contributed by atoms with van der Waals surface area (Å²) in [5.41, 5.74) is 0.315. The second-order valence-corrected chi connectivity index (χ2v) is 3.32. The van der Waals surface area contributed by atoms with Gasteiger partial charge in [-0.25, -0.2) is 4.79 Å². The summed E-state index contributed by atoms with van der Waals surface area (Å²) in [6, 6.07) is 8.44. The summed E-state index contributed by atoms with van der Waals surface area (Å²) in [4.78, 5) is 23.0. The molecule has 2 rings (SSSR count). The molecule has 0 aliphatic carbocycles. The monoisotopic (exact) mass is 228 g/mol. The van der Waals surface area contributed by atoms with E-state index in [1.165, 1.54) is 6.20 Å². The van der Waals surface area contributed by atoms with Crippen molar-refractivity contribution in [1.82, 2.24) is 10.2 Å². The largest absolute Gasteiger partial charge is 0.478 e. The van der Waals surface area contributed by atoms with Crippen LogP contribution in [0.5, 0.6) is 0 Å². The van der Waals surface area contributed by atoms with E-state index in [0.717, 1.165) is 6.20 Å². The molecule has 1 aromatic carbocycles. The van der Waals surface area contributed by atoms with Gasteiger partial charge in [0, 0.05) is 5.56 Å². The van der Waals surface area contributed by atoms with Gasteiger partial charge in [-0.2, -0.15) is 10.2 Å². The second-order valence-electron chi connectivity index (χ2n) is 3.32. The molecule has 0 amide bonds. The van der Waals surface area contributed by atoms with E-state index < -0.39 is 5.97 Å². The number of carboxylic acids is 1. The molecule has 0 saturated heterocycles. The van der Waals surface area contributed by atoms with Crippen molar-refractivity contribution >= 4 is 11.8 Å². The van der Waals surface area contributed by atoms with Crippen LogP contribution in [0.2, 0.25) is 0 Å². The molecule has 5 nitrogen and oxygen atoms in total. The number of nitrogens with zero attached hydrogens (tertiary/aromatic N) is 2. The maximum atomic E-state index is 12.0. The topological polar surface area (TPSA) is 80.2 Å². The third-order valence-electron chi connectivity index (χ3n) is 2.24. The minimum absolute atomic E-state index is 0.0405. The second kappa shape index (κ2) is 4.52. The van der Waals surface area contributed by atoms with Crippen LogP contribution in [0.15, 0.2) is 42.7 Å². The first kappa shape index (κ1) is 10.9. The third kappa shape index (κ3) is 2.17. The molecule has 5 heteroatoms. The normalized spacial score (nSPS) is 9.88. The Morgan fingerprint density at radius 3 is 2.12 bits per heavy atom. The summed E-state index contributed by atoms with van der Waals surface area (Å²) in [7, 11) is 0. The van der Waals surface area contributed by atoms with Gasteiger partial charge in [0.25, 0.3) is 0 Å². The number of ketones is 1. The van der Waals surface area contributed by atoms with E-state index in [0.29, 0.717) is 5.56 Å². The molecule has 0 aliphatic rings. The summed E-state index contributed by atoms with van der Waals surface area (Å²) in [5, 5.41) is 15.9. The molecule has 84 valence electrons. The van der Waals surface area contributed by atoms with E-state index in [-0.39, 0.29) is 16.9 Å². The van der Waals surface area contributed by atoms with Gasteiger partial charge in [0.2, 0.25) is 0 Å². The van der Waals surface area contributed by atoms with E-state index >= 15 is 0 Å². The number of aromatic carboxylic acids is 1. The van der Waals surface area contributed by atoms with Gasteiger partial charge in [-0.3, -0.25) is 4.79 Å². The molecular formula is C12H8N2O3. The zero-order valence-electron chi connectivity index (χ0n) is 8.70. The van der Waals surface area contributed by atoms with E-state index in [1.54, 1.807) is 30.3 Å². The smallest absolute Gasteiger partial charge is 0.338 e. The van der Waals surface area contributed by atoms with Crippen LogP contribution in [0.3, 0.4) is 0 Å². The number of carbonyl (C=O) groups excluding carboxylic acids is 1. The fourth-order valence-electron chi connectivity index (χ4n) is 1.42. The minimum atomic E-state index is -1.20. The molecule has 0 atom stereocenters. The van der Waals surface area contributed by atoms with Crippen LogP contribution in [0.4, 0.5) is 0 Å². The Kier molecular flexibility index (Phi) is 2.91. The zero-order valence-corrected chi connectivity index (χ0v) is 8.70. The fourth-order valence-corrected chi connectivity index (χ4v) is 1.42. The number of rotatable bonds is 3. The maximum Gasteiger partial charge on any atom is 0.338 e. The Hall–Kier alpha value is -2.56. The summed E-state index contributed by atoms with van der Waals surface area (Å²) in [6.07, 6.45) is 2.23. The van der Waals surface area contributed by atoms with E-state index in [4.69, 9.17) is 5.11 Å². The van der Waals surface area contributed by atoms with Gasteiger partial charge in [0.1, 0.15) is 0 Å². The molecule has 0 aliphatic heterocycles. The van der Waals surface area contributed by atoms with Crippen molar-refractivity contribution < 1.29 is 14.7 Å². The SMILES string of the molecule is O=C(O)c1cnncc1C(=O)c1ccccc1. The fraction of sp³-hybridized carbons (Fsp3) is 0. The highest BCUT2D eigenvalue weighted by Crippen LogP contribution is 2.12. The quantitative estimate of drug-likeness (QED) is 0.803. The number of carbonyl (C=O) groups is 2. The predicted molar refractivity (Wildman–Crippen MR) is 58.9 cm³/mol. The van der Waals surface area contributed by atoms with Crippen molar-refractivity contribution in [3.05, 3.63) is 59.4 Å². The number of aromatic nitrogens is 2. The van der Waals surface area contributed by atoms with Crippen molar-refractivity contribution in [1.29, 1.82) is 0 Å². The highest BCUT2D eigenvalue weighted by atomic mass is 16.4. The molecule has 0 fully saturated rings. The van der Waals surface area contributed by atoms with Crippen LogP contribution in [-0.2, 0) is 0 Å². The number of benzene rings is 1. The Morgan fingerprint density at radius 2 is 1.53 bits per heavy atom. The maximum absolute atomic E-state index is 12.0. The van der Waals surface area contributed by atoms with E-state index in [1.807, 2.05) is 0 Å². The predicted octanol–water partition coefficient (Wildman–Crippen LogP) is 1.41. The van der Waals surface area contributed by atoms with Gasteiger partial charge in [0.15, 0.2) is 5.78 Å². The van der Waals surface area contributed by atoms with Crippen LogP contribution in [0, 0.1) is 0 Å². The lowest BCUT2D eigenvalue weighted by Crippen LogP contribution is -2.11. The first-order valence-electron chi connectivity index (χ1n) is 4.84. The molecule has 0 bridgehead atoms. The number of carboxylic acid groups (broad SMARTS) is 1. The van der Waals surface area contributed by atoms with Gasteiger partial charge >= 0.3 is 5.97 Å². The lowest BCUT2D eigenvalue weighted by molar-refractivity contribution is 0.0692. The average Bonchev–Trinajstić information content (AvgIpc) is 2.39. The summed E-state index contributed by atoms with van der Waals surface area (Å²) >= 11 is 0.